The van der Waals surface area contributed by atoms with Crippen LogP contribution in [0.25, 0.3) is 0 Å². The van der Waals surface area contributed by atoms with Crippen LogP contribution in [-0.2, 0) is 4.79 Å². The highest BCUT2D eigenvalue weighted by Gasteiger charge is 2.28. The molecule has 1 N–H and O–H groups in total. The molecule has 1 unspecified atom stereocenters. The number of alkyl halides is 3. The maximum atomic E-state index is 11.9. The fraction of sp³-hybridized carbons (Fsp3) is 0.833. The van der Waals surface area contributed by atoms with E-state index < -0.39 is 18.6 Å². The van der Waals surface area contributed by atoms with E-state index in [9.17, 15) is 18.0 Å². The maximum absolute atomic E-state index is 11.9. The van der Waals surface area contributed by atoms with Gasteiger partial charge in [0, 0.05) is 26.2 Å². The van der Waals surface area contributed by atoms with Crippen molar-refractivity contribution in [3.05, 3.63) is 0 Å². The van der Waals surface area contributed by atoms with Crippen LogP contribution >= 0.6 is 0 Å². The molecule has 1 atom stereocenters. The van der Waals surface area contributed by atoms with E-state index in [1.807, 2.05) is 17.1 Å². The molecule has 1 saturated heterocycles. The van der Waals surface area contributed by atoms with Crippen molar-refractivity contribution in [2.75, 3.05) is 39.3 Å². The van der Waals surface area contributed by atoms with Crippen molar-refractivity contribution >= 4 is 5.91 Å². The SMILES string of the molecule is CCC(C#N)N1CCN(CC(=O)NCC(F)(F)F)CC1. The standard InChI is InChI=1S/C12H19F3N4O/c1-2-10(7-16)19-5-3-18(4-6-19)8-11(20)17-9-12(13,14)15/h10H,2-6,8-9H2,1H3,(H,17,20). The van der Waals surface area contributed by atoms with Gasteiger partial charge in [0.2, 0.25) is 5.91 Å². The monoisotopic (exact) mass is 292 g/mol. The third kappa shape index (κ3) is 5.75. The largest absolute Gasteiger partial charge is 0.405 e. The zero-order valence-electron chi connectivity index (χ0n) is 11.4. The molecule has 1 amide bonds. The predicted octanol–water partition coefficient (Wildman–Crippen LogP) is 0.585. The third-order valence-corrected chi connectivity index (χ3v) is 3.24. The maximum Gasteiger partial charge on any atom is 0.405 e. The summed E-state index contributed by atoms with van der Waals surface area (Å²) in [6.07, 6.45) is -3.64. The second-order valence-electron chi connectivity index (χ2n) is 4.76. The van der Waals surface area contributed by atoms with E-state index in [0.29, 0.717) is 26.2 Å². The van der Waals surface area contributed by atoms with Gasteiger partial charge in [-0.3, -0.25) is 14.6 Å². The van der Waals surface area contributed by atoms with Crippen LogP contribution < -0.4 is 5.32 Å². The molecule has 0 bridgehead atoms. The summed E-state index contributed by atoms with van der Waals surface area (Å²) in [5.74, 6) is -0.622. The average molecular weight is 292 g/mol. The fourth-order valence-electron chi connectivity index (χ4n) is 2.12. The van der Waals surface area contributed by atoms with Gasteiger partial charge in [-0.05, 0) is 6.42 Å². The lowest BCUT2D eigenvalue weighted by molar-refractivity contribution is -0.139. The average Bonchev–Trinajstić information content (AvgIpc) is 2.39. The molecule has 0 aromatic rings. The van der Waals surface area contributed by atoms with Gasteiger partial charge in [0.25, 0.3) is 0 Å². The summed E-state index contributed by atoms with van der Waals surface area (Å²) in [4.78, 5) is 15.2. The van der Waals surface area contributed by atoms with Gasteiger partial charge in [-0.15, -0.1) is 0 Å². The Balaban J connectivity index is 2.29. The Bertz CT molecular complexity index is 359. The lowest BCUT2D eigenvalue weighted by Crippen LogP contribution is -2.52. The number of carbonyl (C=O) groups excluding carboxylic acids is 1. The predicted molar refractivity (Wildman–Crippen MR) is 66.8 cm³/mol. The molecule has 1 aliphatic rings. The van der Waals surface area contributed by atoms with Crippen LogP contribution in [0.5, 0.6) is 0 Å². The molecule has 0 spiro atoms. The lowest BCUT2D eigenvalue weighted by atomic mass is 10.2. The first-order valence-electron chi connectivity index (χ1n) is 6.55. The van der Waals surface area contributed by atoms with Crippen LogP contribution in [0.2, 0.25) is 0 Å². The van der Waals surface area contributed by atoms with Crippen molar-refractivity contribution in [2.24, 2.45) is 0 Å². The molecule has 0 saturated carbocycles. The van der Waals surface area contributed by atoms with Crippen LogP contribution in [-0.4, -0.2) is 67.2 Å². The van der Waals surface area contributed by atoms with Crippen molar-refractivity contribution in [3.63, 3.8) is 0 Å². The van der Waals surface area contributed by atoms with Crippen LogP contribution in [0.4, 0.5) is 13.2 Å². The minimum atomic E-state index is -4.38. The van der Waals surface area contributed by atoms with Crippen molar-refractivity contribution in [1.29, 1.82) is 5.26 Å². The van der Waals surface area contributed by atoms with E-state index in [4.69, 9.17) is 5.26 Å². The molecular formula is C12H19F3N4O. The molecule has 1 aliphatic heterocycles. The van der Waals surface area contributed by atoms with Gasteiger partial charge < -0.3 is 5.32 Å². The molecule has 5 nitrogen and oxygen atoms in total. The number of hydrogen-bond acceptors (Lipinski definition) is 4. The van der Waals surface area contributed by atoms with Crippen molar-refractivity contribution in [1.82, 2.24) is 15.1 Å². The first kappa shape index (κ1) is 16.7. The number of carbonyl (C=O) groups is 1. The molecule has 0 radical (unpaired) electrons. The summed E-state index contributed by atoms with van der Waals surface area (Å²) in [6, 6.07) is 2.09. The highest BCUT2D eigenvalue weighted by Crippen LogP contribution is 2.12. The van der Waals surface area contributed by atoms with E-state index in [0.717, 1.165) is 6.42 Å². The molecule has 8 heteroatoms. The first-order valence-corrected chi connectivity index (χ1v) is 6.55. The van der Waals surface area contributed by atoms with Crippen molar-refractivity contribution < 1.29 is 18.0 Å². The van der Waals surface area contributed by atoms with Crippen molar-refractivity contribution in [3.8, 4) is 6.07 Å². The second-order valence-corrected chi connectivity index (χ2v) is 4.76. The van der Waals surface area contributed by atoms with Gasteiger partial charge in [-0.2, -0.15) is 18.4 Å². The lowest BCUT2D eigenvalue weighted by Gasteiger charge is -2.36. The van der Waals surface area contributed by atoms with Crippen molar-refractivity contribution in [2.45, 2.75) is 25.6 Å². The smallest absolute Gasteiger partial charge is 0.346 e. The summed E-state index contributed by atoms with van der Waals surface area (Å²) in [6.45, 7) is 3.07. The first-order chi connectivity index (χ1) is 9.35. The number of hydrogen-bond donors (Lipinski definition) is 1. The van der Waals surface area contributed by atoms with Gasteiger partial charge in [-0.1, -0.05) is 6.92 Å². The number of nitriles is 1. The number of rotatable bonds is 5. The van der Waals surface area contributed by atoms with Gasteiger partial charge in [0.1, 0.15) is 6.54 Å². The van der Waals surface area contributed by atoms with E-state index in [1.165, 1.54) is 0 Å². The summed E-state index contributed by atoms with van der Waals surface area (Å²) in [5.41, 5.74) is 0. The number of piperazine rings is 1. The molecule has 114 valence electrons. The highest BCUT2D eigenvalue weighted by molar-refractivity contribution is 5.78. The highest BCUT2D eigenvalue weighted by atomic mass is 19.4. The van der Waals surface area contributed by atoms with Gasteiger partial charge in [-0.25, -0.2) is 0 Å². The van der Waals surface area contributed by atoms with Crippen LogP contribution in [0.15, 0.2) is 0 Å². The summed E-state index contributed by atoms with van der Waals surface area (Å²) < 4.78 is 35.8. The quantitative estimate of drug-likeness (QED) is 0.805. The summed E-state index contributed by atoms with van der Waals surface area (Å²) in [7, 11) is 0. The Hall–Kier alpha value is -1.33. The van der Waals surface area contributed by atoms with Crippen LogP contribution in [0.1, 0.15) is 13.3 Å². The van der Waals surface area contributed by atoms with E-state index in [1.54, 1.807) is 4.90 Å². The molecular weight excluding hydrogens is 273 g/mol. The normalized spacial score (nSPS) is 19.4. The van der Waals surface area contributed by atoms with E-state index >= 15 is 0 Å². The summed E-state index contributed by atoms with van der Waals surface area (Å²) in [5, 5.41) is 10.8. The van der Waals surface area contributed by atoms with Gasteiger partial charge in [0.15, 0.2) is 0 Å². The number of amides is 1. The Morgan fingerprint density at radius 3 is 2.40 bits per heavy atom. The molecule has 0 aromatic heterocycles. The number of halogens is 3. The van der Waals surface area contributed by atoms with Gasteiger partial charge in [0.05, 0.1) is 18.7 Å². The molecule has 20 heavy (non-hydrogen) atoms. The van der Waals surface area contributed by atoms with Gasteiger partial charge >= 0.3 is 6.18 Å². The summed E-state index contributed by atoms with van der Waals surface area (Å²) >= 11 is 0. The zero-order chi connectivity index (χ0) is 15.2. The molecule has 1 heterocycles. The second kappa shape index (κ2) is 7.45. The molecule has 0 aromatic carbocycles. The fourth-order valence-corrected chi connectivity index (χ4v) is 2.12. The van der Waals surface area contributed by atoms with E-state index in [2.05, 4.69) is 6.07 Å². The molecule has 1 fully saturated rings. The number of nitrogens with one attached hydrogen (secondary N) is 1. The minimum absolute atomic E-state index is 0.0345. The Labute approximate surface area is 116 Å². The number of nitrogens with zero attached hydrogens (tertiary/aromatic N) is 3. The third-order valence-electron chi connectivity index (χ3n) is 3.24. The Morgan fingerprint density at radius 2 is 1.95 bits per heavy atom. The molecule has 1 rings (SSSR count). The molecule has 0 aliphatic carbocycles. The van der Waals surface area contributed by atoms with Crippen LogP contribution in [0.3, 0.4) is 0 Å². The van der Waals surface area contributed by atoms with Crippen LogP contribution in [0, 0.1) is 11.3 Å². The van der Waals surface area contributed by atoms with E-state index in [-0.39, 0.29) is 12.6 Å². The Morgan fingerprint density at radius 1 is 1.35 bits per heavy atom. The Kier molecular flexibility index (Phi) is 6.23. The topological polar surface area (TPSA) is 59.4 Å². The zero-order valence-corrected chi connectivity index (χ0v) is 11.4. The minimum Gasteiger partial charge on any atom is -0.346 e.